The number of pyridine rings is 1. The molecule has 1 atom stereocenters. The van der Waals surface area contributed by atoms with E-state index in [0.29, 0.717) is 25.9 Å². The van der Waals surface area contributed by atoms with Crippen LogP contribution in [0.4, 0.5) is 5.82 Å². The van der Waals surface area contributed by atoms with Gasteiger partial charge < -0.3 is 15.3 Å². The number of aliphatic carboxylic acids is 1. The average molecular weight is 301 g/mol. The quantitative estimate of drug-likeness (QED) is 0.797. The van der Waals surface area contributed by atoms with Crippen molar-refractivity contribution in [2.24, 2.45) is 5.92 Å². The predicted octanol–water partition coefficient (Wildman–Crippen LogP) is 1.01. The number of piperidine rings is 3. The van der Waals surface area contributed by atoms with Gasteiger partial charge in [0.15, 0.2) is 0 Å². The van der Waals surface area contributed by atoms with Crippen molar-refractivity contribution in [1.29, 1.82) is 0 Å². The summed E-state index contributed by atoms with van der Waals surface area (Å²) < 4.78 is 0. The number of nitrogens with one attached hydrogen (secondary N) is 1. The van der Waals surface area contributed by atoms with Crippen molar-refractivity contribution in [3.05, 3.63) is 23.4 Å². The van der Waals surface area contributed by atoms with Gasteiger partial charge in [-0.2, -0.15) is 0 Å². The first-order valence-corrected chi connectivity index (χ1v) is 7.88. The van der Waals surface area contributed by atoms with Gasteiger partial charge in [0.1, 0.15) is 11.7 Å². The lowest BCUT2D eigenvalue weighted by Gasteiger charge is -2.51. The molecule has 6 nitrogen and oxygen atoms in total. The number of nitrogens with zero attached hydrogens (tertiary/aromatic N) is 2. The second-order valence-electron chi connectivity index (χ2n) is 6.49. The van der Waals surface area contributed by atoms with E-state index in [4.69, 9.17) is 4.98 Å². The number of carboxylic acids is 1. The third-order valence-corrected chi connectivity index (χ3v) is 5.42. The number of hydrogen-bond acceptors (Lipinski definition) is 4. The van der Waals surface area contributed by atoms with Crippen molar-refractivity contribution >= 4 is 17.7 Å². The lowest BCUT2D eigenvalue weighted by atomic mass is 9.62. The molecule has 116 valence electrons. The minimum atomic E-state index is -1.03. The maximum absolute atomic E-state index is 12.4. The van der Waals surface area contributed by atoms with Gasteiger partial charge in [-0.3, -0.25) is 9.59 Å². The smallest absolute Gasteiger partial charge is 0.317 e. The van der Waals surface area contributed by atoms with Crippen molar-refractivity contribution in [3.8, 4) is 0 Å². The molecule has 0 aliphatic carbocycles. The molecule has 3 saturated heterocycles. The molecule has 6 heteroatoms. The highest BCUT2D eigenvalue weighted by Gasteiger charge is 2.57. The summed E-state index contributed by atoms with van der Waals surface area (Å²) in [4.78, 5) is 30.5. The summed E-state index contributed by atoms with van der Waals surface area (Å²) in [7, 11) is 0. The molecule has 2 N–H and O–H groups in total. The van der Waals surface area contributed by atoms with Crippen molar-refractivity contribution in [1.82, 2.24) is 9.88 Å². The predicted molar refractivity (Wildman–Crippen MR) is 79.7 cm³/mol. The maximum atomic E-state index is 12.4. The van der Waals surface area contributed by atoms with Gasteiger partial charge in [0, 0.05) is 25.0 Å². The van der Waals surface area contributed by atoms with Crippen LogP contribution >= 0.6 is 0 Å². The Bertz CT molecular complexity index is 650. The molecule has 2 bridgehead atoms. The first-order chi connectivity index (χ1) is 10.6. The average Bonchev–Trinajstić information content (AvgIpc) is 2.55. The molecule has 0 aromatic carbocycles. The molecular formula is C16H19N3O3. The third kappa shape index (κ3) is 1.76. The highest BCUT2D eigenvalue weighted by molar-refractivity contribution is 6.00. The van der Waals surface area contributed by atoms with Crippen molar-refractivity contribution < 1.29 is 14.7 Å². The molecule has 22 heavy (non-hydrogen) atoms. The van der Waals surface area contributed by atoms with E-state index in [2.05, 4.69) is 5.32 Å². The number of aromatic nitrogens is 1. The summed E-state index contributed by atoms with van der Waals surface area (Å²) in [5.74, 6) is -1.41. The fourth-order valence-electron chi connectivity index (χ4n) is 4.19. The normalized spacial score (nSPS) is 29.9. The second kappa shape index (κ2) is 4.69. The summed E-state index contributed by atoms with van der Waals surface area (Å²) >= 11 is 0. The van der Waals surface area contributed by atoms with Gasteiger partial charge in [0.25, 0.3) is 0 Å². The standard InChI is InChI=1S/C16H19N3O3/c20-14-12(15(21)22)16(5-8-19(14)9-6-16)11-4-3-10-2-1-7-17-13(10)18-11/h3-4,12H,1-2,5-9H2,(H,17,18)(H,21,22). The van der Waals surface area contributed by atoms with E-state index in [1.165, 1.54) is 5.56 Å². The summed E-state index contributed by atoms with van der Waals surface area (Å²) in [6.45, 7) is 2.16. The number of anilines is 1. The minimum absolute atomic E-state index is 0.252. The number of carbonyl (C=O) groups excluding carboxylic acids is 1. The van der Waals surface area contributed by atoms with Crippen molar-refractivity contribution in [2.75, 3.05) is 25.0 Å². The monoisotopic (exact) mass is 301 g/mol. The molecular weight excluding hydrogens is 282 g/mol. The highest BCUT2D eigenvalue weighted by Crippen LogP contribution is 2.47. The Morgan fingerprint density at radius 1 is 1.36 bits per heavy atom. The Labute approximate surface area is 128 Å². The first-order valence-electron chi connectivity index (χ1n) is 7.88. The van der Waals surface area contributed by atoms with E-state index in [1.807, 2.05) is 12.1 Å². The zero-order valence-corrected chi connectivity index (χ0v) is 12.3. The lowest BCUT2D eigenvalue weighted by Crippen LogP contribution is -2.62. The molecule has 1 aromatic heterocycles. The molecule has 1 amide bonds. The van der Waals surface area contributed by atoms with E-state index in [1.54, 1.807) is 4.90 Å². The van der Waals surface area contributed by atoms with E-state index >= 15 is 0 Å². The van der Waals surface area contributed by atoms with Crippen LogP contribution in [-0.2, 0) is 21.4 Å². The van der Waals surface area contributed by atoms with Crippen LogP contribution in [0, 0.1) is 5.92 Å². The van der Waals surface area contributed by atoms with E-state index in [0.717, 1.165) is 30.9 Å². The molecule has 1 unspecified atom stereocenters. The Morgan fingerprint density at radius 2 is 2.14 bits per heavy atom. The Morgan fingerprint density at radius 3 is 2.86 bits per heavy atom. The molecule has 4 aliphatic rings. The van der Waals surface area contributed by atoms with E-state index < -0.39 is 17.3 Å². The number of carbonyl (C=O) groups is 2. The topological polar surface area (TPSA) is 82.5 Å². The molecule has 5 heterocycles. The van der Waals surface area contributed by atoms with Gasteiger partial charge in [-0.15, -0.1) is 0 Å². The number of amides is 1. The van der Waals surface area contributed by atoms with Crippen LogP contribution in [0.25, 0.3) is 0 Å². The Balaban J connectivity index is 1.81. The zero-order chi connectivity index (χ0) is 15.3. The van der Waals surface area contributed by atoms with Crippen LogP contribution in [0.3, 0.4) is 0 Å². The lowest BCUT2D eigenvalue weighted by molar-refractivity contribution is -0.164. The van der Waals surface area contributed by atoms with Crippen LogP contribution in [0.1, 0.15) is 30.5 Å². The number of carboxylic acid groups (broad SMARTS) is 1. The van der Waals surface area contributed by atoms with Crippen LogP contribution in [0.15, 0.2) is 12.1 Å². The van der Waals surface area contributed by atoms with Crippen LogP contribution in [0.2, 0.25) is 0 Å². The highest BCUT2D eigenvalue weighted by atomic mass is 16.4. The van der Waals surface area contributed by atoms with Crippen LogP contribution < -0.4 is 5.32 Å². The number of rotatable bonds is 2. The summed E-state index contributed by atoms with van der Waals surface area (Å²) in [6.07, 6.45) is 3.45. The molecule has 0 saturated carbocycles. The summed E-state index contributed by atoms with van der Waals surface area (Å²) in [5, 5.41) is 12.9. The second-order valence-corrected chi connectivity index (χ2v) is 6.49. The molecule has 3 fully saturated rings. The summed E-state index contributed by atoms with van der Waals surface area (Å²) in [5.41, 5.74) is 1.30. The molecule has 4 aliphatic heterocycles. The van der Waals surface area contributed by atoms with Gasteiger partial charge in [-0.25, -0.2) is 4.98 Å². The van der Waals surface area contributed by atoms with Crippen LogP contribution in [-0.4, -0.2) is 46.5 Å². The third-order valence-electron chi connectivity index (χ3n) is 5.42. The maximum Gasteiger partial charge on any atom is 0.317 e. The molecule has 5 rings (SSSR count). The fraction of sp³-hybridized carbons (Fsp3) is 0.562. The van der Waals surface area contributed by atoms with Gasteiger partial charge in [0.05, 0.1) is 5.69 Å². The van der Waals surface area contributed by atoms with Crippen molar-refractivity contribution in [2.45, 2.75) is 31.1 Å². The number of fused-ring (bicyclic) bond motifs is 4. The first kappa shape index (κ1) is 13.5. The van der Waals surface area contributed by atoms with Crippen molar-refractivity contribution in [3.63, 3.8) is 0 Å². The Kier molecular flexibility index (Phi) is 2.89. The molecule has 0 radical (unpaired) electrons. The van der Waals surface area contributed by atoms with Gasteiger partial charge >= 0.3 is 5.97 Å². The molecule has 0 spiro atoms. The van der Waals surface area contributed by atoms with Crippen LogP contribution in [0.5, 0.6) is 0 Å². The Hall–Kier alpha value is -2.11. The largest absolute Gasteiger partial charge is 0.481 e. The van der Waals surface area contributed by atoms with Gasteiger partial charge in [-0.05, 0) is 37.3 Å². The van der Waals surface area contributed by atoms with Gasteiger partial charge in [0.2, 0.25) is 5.91 Å². The molecule has 1 aromatic rings. The van der Waals surface area contributed by atoms with E-state index in [9.17, 15) is 14.7 Å². The fourth-order valence-corrected chi connectivity index (χ4v) is 4.19. The summed E-state index contributed by atoms with van der Waals surface area (Å²) in [6, 6.07) is 3.99. The zero-order valence-electron chi connectivity index (χ0n) is 12.3. The minimum Gasteiger partial charge on any atom is -0.481 e. The number of aryl methyl sites for hydroxylation is 1. The SMILES string of the molecule is O=C(O)C1C(=O)N2CCC1(c1ccc3c(n1)NCCC3)CC2. The number of hydrogen-bond donors (Lipinski definition) is 2. The van der Waals surface area contributed by atoms with Gasteiger partial charge in [-0.1, -0.05) is 6.07 Å². The van der Waals surface area contributed by atoms with E-state index in [-0.39, 0.29) is 5.91 Å².